The average molecular weight is 366 g/mol. The summed E-state index contributed by atoms with van der Waals surface area (Å²) in [5, 5.41) is 7.08. The minimum atomic E-state index is 0.640. The maximum absolute atomic E-state index is 5.23. The summed E-state index contributed by atoms with van der Waals surface area (Å²) in [7, 11) is 1.68. The van der Waals surface area contributed by atoms with Gasteiger partial charge >= 0.3 is 0 Å². The maximum atomic E-state index is 5.23. The summed E-state index contributed by atoms with van der Waals surface area (Å²) >= 11 is 0. The van der Waals surface area contributed by atoms with Crippen molar-refractivity contribution < 1.29 is 9.26 Å². The topological polar surface area (TPSA) is 79.5 Å². The number of hydrogen-bond acceptors (Lipinski definition) is 8. The van der Waals surface area contributed by atoms with Crippen LogP contribution >= 0.6 is 0 Å². The third-order valence-electron chi connectivity index (χ3n) is 4.58. The van der Waals surface area contributed by atoms with Gasteiger partial charge in [0.1, 0.15) is 29.5 Å². The van der Waals surface area contributed by atoms with Crippen LogP contribution in [0.15, 0.2) is 47.2 Å². The Morgan fingerprint density at radius 3 is 2.37 bits per heavy atom. The van der Waals surface area contributed by atoms with Crippen molar-refractivity contribution in [2.75, 3.05) is 48.4 Å². The average Bonchev–Trinajstić information content (AvgIpc) is 3.13. The predicted octanol–water partition coefficient (Wildman–Crippen LogP) is 2.85. The molecule has 0 spiro atoms. The fourth-order valence-electron chi connectivity index (χ4n) is 3.13. The first-order valence-electron chi connectivity index (χ1n) is 8.87. The van der Waals surface area contributed by atoms with Gasteiger partial charge in [0.25, 0.3) is 0 Å². The van der Waals surface area contributed by atoms with Crippen LogP contribution in [0.2, 0.25) is 0 Å². The Hall–Kier alpha value is -3.29. The predicted molar refractivity (Wildman–Crippen MR) is 104 cm³/mol. The number of rotatable bonds is 5. The fraction of sp³-hybridized carbons (Fsp3) is 0.316. The minimum absolute atomic E-state index is 0.640. The number of aromatic nitrogens is 3. The summed E-state index contributed by atoms with van der Waals surface area (Å²) < 4.78 is 10.3. The lowest BCUT2D eigenvalue weighted by Crippen LogP contribution is -2.46. The van der Waals surface area contributed by atoms with Gasteiger partial charge in [-0.2, -0.15) is 0 Å². The molecule has 3 heterocycles. The van der Waals surface area contributed by atoms with E-state index in [2.05, 4.69) is 42.4 Å². The second-order valence-electron chi connectivity index (χ2n) is 6.38. The highest BCUT2D eigenvalue weighted by atomic mass is 16.5. The summed E-state index contributed by atoms with van der Waals surface area (Å²) in [6, 6.07) is 12.0. The molecule has 1 aromatic carbocycles. The molecule has 0 unspecified atom stereocenters. The van der Waals surface area contributed by atoms with Crippen molar-refractivity contribution in [3.8, 4) is 5.75 Å². The molecule has 1 N–H and O–H groups in total. The molecule has 2 aromatic heterocycles. The number of benzene rings is 1. The van der Waals surface area contributed by atoms with Crippen molar-refractivity contribution >= 4 is 23.1 Å². The molecule has 8 heteroatoms. The molecule has 140 valence electrons. The number of methoxy groups -OCH3 is 1. The van der Waals surface area contributed by atoms with E-state index in [9.17, 15) is 0 Å². The highest BCUT2D eigenvalue weighted by Crippen LogP contribution is 2.23. The zero-order valence-electron chi connectivity index (χ0n) is 15.4. The van der Waals surface area contributed by atoms with E-state index in [-0.39, 0.29) is 0 Å². The molecule has 0 radical (unpaired) electrons. The Kier molecular flexibility index (Phi) is 4.78. The highest BCUT2D eigenvalue weighted by Gasteiger charge is 2.19. The molecule has 0 atom stereocenters. The molecular weight excluding hydrogens is 344 g/mol. The largest absolute Gasteiger partial charge is 0.497 e. The van der Waals surface area contributed by atoms with E-state index in [1.165, 1.54) is 5.69 Å². The molecule has 1 fully saturated rings. The maximum Gasteiger partial charge on any atom is 0.175 e. The molecule has 0 amide bonds. The normalized spacial score (nSPS) is 14.3. The van der Waals surface area contributed by atoms with Gasteiger partial charge in [0.2, 0.25) is 0 Å². The molecular formula is C19H22N6O2. The van der Waals surface area contributed by atoms with Crippen LogP contribution in [0.1, 0.15) is 5.76 Å². The standard InChI is InChI=1S/C19H22N6O2/c1-14-11-18(23-27-14)22-17-12-19(21-13-20-17)25-9-7-24(8-10-25)15-3-5-16(26-2)6-4-15/h3-6,11-13H,7-10H2,1-2H3,(H,20,21,22,23). The van der Waals surface area contributed by atoms with Gasteiger partial charge in [-0.05, 0) is 31.2 Å². The summed E-state index contributed by atoms with van der Waals surface area (Å²) in [6.07, 6.45) is 1.57. The van der Waals surface area contributed by atoms with Crippen LogP contribution in [0.25, 0.3) is 0 Å². The fourth-order valence-corrected chi connectivity index (χ4v) is 3.13. The summed E-state index contributed by atoms with van der Waals surface area (Å²) in [4.78, 5) is 13.3. The third-order valence-corrected chi connectivity index (χ3v) is 4.58. The van der Waals surface area contributed by atoms with Crippen molar-refractivity contribution in [3.05, 3.63) is 48.5 Å². The molecule has 4 rings (SSSR count). The molecule has 0 bridgehead atoms. The van der Waals surface area contributed by atoms with Crippen LogP contribution in [-0.2, 0) is 0 Å². The lowest BCUT2D eigenvalue weighted by molar-refractivity contribution is 0.400. The number of nitrogens with one attached hydrogen (secondary N) is 1. The Morgan fingerprint density at radius 2 is 1.70 bits per heavy atom. The highest BCUT2D eigenvalue weighted by molar-refractivity contribution is 5.57. The number of aryl methyl sites for hydroxylation is 1. The van der Waals surface area contributed by atoms with E-state index in [1.54, 1.807) is 13.4 Å². The quantitative estimate of drug-likeness (QED) is 0.738. The van der Waals surface area contributed by atoms with Crippen molar-refractivity contribution in [2.45, 2.75) is 6.92 Å². The number of piperazine rings is 1. The number of nitrogens with zero attached hydrogens (tertiary/aromatic N) is 5. The van der Waals surface area contributed by atoms with Gasteiger partial charge in [-0.1, -0.05) is 5.16 Å². The Balaban J connectivity index is 1.39. The molecule has 0 saturated carbocycles. The van der Waals surface area contributed by atoms with E-state index < -0.39 is 0 Å². The molecule has 1 saturated heterocycles. The summed E-state index contributed by atoms with van der Waals surface area (Å²) in [5.41, 5.74) is 1.21. The number of hydrogen-bond donors (Lipinski definition) is 1. The molecule has 8 nitrogen and oxygen atoms in total. The Labute approximate surface area is 157 Å². The van der Waals surface area contributed by atoms with E-state index in [1.807, 2.05) is 31.2 Å². The van der Waals surface area contributed by atoms with Crippen molar-refractivity contribution in [3.63, 3.8) is 0 Å². The minimum Gasteiger partial charge on any atom is -0.497 e. The second kappa shape index (κ2) is 7.53. The van der Waals surface area contributed by atoms with Crippen LogP contribution in [-0.4, -0.2) is 48.4 Å². The van der Waals surface area contributed by atoms with Gasteiger partial charge in [-0.3, -0.25) is 0 Å². The van der Waals surface area contributed by atoms with Crippen molar-refractivity contribution in [1.82, 2.24) is 15.1 Å². The van der Waals surface area contributed by atoms with Crippen LogP contribution in [0.4, 0.5) is 23.1 Å². The van der Waals surface area contributed by atoms with Gasteiger partial charge in [-0.15, -0.1) is 0 Å². The molecule has 1 aliphatic heterocycles. The number of anilines is 4. The lowest BCUT2D eigenvalue weighted by Gasteiger charge is -2.36. The molecule has 0 aliphatic carbocycles. The zero-order chi connectivity index (χ0) is 18.6. The molecule has 3 aromatic rings. The molecule has 1 aliphatic rings. The van der Waals surface area contributed by atoms with Crippen LogP contribution in [0.5, 0.6) is 5.75 Å². The first kappa shape index (κ1) is 17.1. The van der Waals surface area contributed by atoms with Gasteiger partial charge in [0.15, 0.2) is 5.82 Å². The summed E-state index contributed by atoms with van der Waals surface area (Å²) in [5.74, 6) is 3.87. The van der Waals surface area contributed by atoms with Gasteiger partial charge in [-0.25, -0.2) is 9.97 Å². The Bertz CT molecular complexity index is 887. The van der Waals surface area contributed by atoms with Gasteiger partial charge < -0.3 is 24.4 Å². The van der Waals surface area contributed by atoms with E-state index in [4.69, 9.17) is 9.26 Å². The van der Waals surface area contributed by atoms with Crippen molar-refractivity contribution in [2.24, 2.45) is 0 Å². The van der Waals surface area contributed by atoms with E-state index in [0.717, 1.165) is 43.5 Å². The van der Waals surface area contributed by atoms with E-state index >= 15 is 0 Å². The van der Waals surface area contributed by atoms with Crippen LogP contribution in [0.3, 0.4) is 0 Å². The van der Waals surface area contributed by atoms with Gasteiger partial charge in [0, 0.05) is 44.0 Å². The first-order valence-corrected chi connectivity index (χ1v) is 8.87. The third kappa shape index (κ3) is 3.94. The second-order valence-corrected chi connectivity index (χ2v) is 6.38. The number of ether oxygens (including phenoxy) is 1. The summed E-state index contributed by atoms with van der Waals surface area (Å²) in [6.45, 7) is 5.51. The van der Waals surface area contributed by atoms with Crippen LogP contribution in [0, 0.1) is 6.92 Å². The SMILES string of the molecule is COc1ccc(N2CCN(c3cc(Nc4cc(C)on4)ncn3)CC2)cc1. The van der Waals surface area contributed by atoms with Crippen molar-refractivity contribution in [1.29, 1.82) is 0 Å². The monoisotopic (exact) mass is 366 g/mol. The first-order chi connectivity index (χ1) is 13.2. The smallest absolute Gasteiger partial charge is 0.175 e. The van der Waals surface area contributed by atoms with Gasteiger partial charge in [0.05, 0.1) is 7.11 Å². The zero-order valence-corrected chi connectivity index (χ0v) is 15.4. The lowest BCUT2D eigenvalue weighted by atomic mass is 10.2. The molecule has 27 heavy (non-hydrogen) atoms. The Morgan fingerprint density at radius 1 is 0.963 bits per heavy atom. The van der Waals surface area contributed by atoms with Crippen LogP contribution < -0.4 is 19.9 Å². The van der Waals surface area contributed by atoms with E-state index in [0.29, 0.717) is 11.6 Å².